The molecule has 0 bridgehead atoms. The highest BCUT2D eigenvalue weighted by Gasteiger charge is 2.11. The Hall–Kier alpha value is -1.75. The number of hydrogen-bond donors (Lipinski definition) is 0. The molecular formula is C13H18N4O. The summed E-state index contributed by atoms with van der Waals surface area (Å²) in [5, 5.41) is 3.98. The lowest BCUT2D eigenvalue weighted by Gasteiger charge is -2.13. The van der Waals surface area contributed by atoms with Gasteiger partial charge in [0, 0.05) is 24.9 Å². The summed E-state index contributed by atoms with van der Waals surface area (Å²) in [6, 6.07) is 4.01. The minimum absolute atomic E-state index is 0.275. The molecule has 96 valence electrons. The van der Waals surface area contributed by atoms with Gasteiger partial charge in [0.1, 0.15) is 0 Å². The molecule has 0 N–H and O–H groups in total. The number of rotatable bonds is 5. The summed E-state index contributed by atoms with van der Waals surface area (Å²) in [6.07, 6.45) is 3.60. The van der Waals surface area contributed by atoms with E-state index in [0.717, 1.165) is 12.4 Å². The highest BCUT2D eigenvalue weighted by Crippen LogP contribution is 2.12. The van der Waals surface area contributed by atoms with Gasteiger partial charge in [-0.3, -0.25) is 9.88 Å². The third-order valence-corrected chi connectivity index (χ3v) is 2.59. The predicted molar refractivity (Wildman–Crippen MR) is 67.8 cm³/mol. The van der Waals surface area contributed by atoms with Gasteiger partial charge in [0.25, 0.3) is 0 Å². The fourth-order valence-electron chi connectivity index (χ4n) is 1.66. The second kappa shape index (κ2) is 5.73. The summed E-state index contributed by atoms with van der Waals surface area (Å²) >= 11 is 0. The molecule has 2 rings (SSSR count). The molecule has 5 heteroatoms. The Morgan fingerprint density at radius 3 is 2.56 bits per heavy atom. The van der Waals surface area contributed by atoms with Crippen molar-refractivity contribution in [3.8, 4) is 0 Å². The summed E-state index contributed by atoms with van der Waals surface area (Å²) < 4.78 is 5.18. The van der Waals surface area contributed by atoms with E-state index in [-0.39, 0.29) is 5.92 Å². The Kier molecular flexibility index (Phi) is 4.04. The maximum absolute atomic E-state index is 5.18. The number of aromatic nitrogens is 3. The molecule has 18 heavy (non-hydrogen) atoms. The Balaban J connectivity index is 1.92. The van der Waals surface area contributed by atoms with Gasteiger partial charge < -0.3 is 4.52 Å². The first-order chi connectivity index (χ1) is 8.65. The average Bonchev–Trinajstić information content (AvgIpc) is 2.78. The maximum Gasteiger partial charge on any atom is 0.229 e. The summed E-state index contributed by atoms with van der Waals surface area (Å²) in [7, 11) is 2.03. The summed E-state index contributed by atoms with van der Waals surface area (Å²) in [5.74, 6) is 1.70. The van der Waals surface area contributed by atoms with Gasteiger partial charge in [0.15, 0.2) is 5.82 Å². The molecule has 0 spiro atoms. The molecule has 0 amide bonds. The fourth-order valence-corrected chi connectivity index (χ4v) is 1.66. The van der Waals surface area contributed by atoms with Gasteiger partial charge in [0.2, 0.25) is 5.89 Å². The van der Waals surface area contributed by atoms with E-state index in [1.54, 1.807) is 12.4 Å². The van der Waals surface area contributed by atoms with E-state index < -0.39 is 0 Å². The zero-order chi connectivity index (χ0) is 13.0. The van der Waals surface area contributed by atoms with Crippen LogP contribution in [-0.2, 0) is 13.1 Å². The Bertz CT molecular complexity index is 481. The van der Waals surface area contributed by atoms with Crippen molar-refractivity contribution in [2.45, 2.75) is 32.9 Å². The zero-order valence-electron chi connectivity index (χ0n) is 11.0. The van der Waals surface area contributed by atoms with Crippen LogP contribution in [0.4, 0.5) is 0 Å². The van der Waals surface area contributed by atoms with Crippen LogP contribution in [0.1, 0.15) is 37.0 Å². The molecule has 2 aromatic rings. The molecule has 0 aliphatic carbocycles. The lowest BCUT2D eigenvalue weighted by molar-refractivity contribution is 0.298. The van der Waals surface area contributed by atoms with E-state index in [0.29, 0.717) is 12.4 Å². The third kappa shape index (κ3) is 3.37. The normalized spacial score (nSPS) is 11.4. The smallest absolute Gasteiger partial charge is 0.229 e. The fraction of sp³-hybridized carbons (Fsp3) is 0.462. The van der Waals surface area contributed by atoms with Crippen LogP contribution in [-0.4, -0.2) is 27.1 Å². The van der Waals surface area contributed by atoms with Gasteiger partial charge in [-0.05, 0) is 24.7 Å². The van der Waals surface area contributed by atoms with Gasteiger partial charge >= 0.3 is 0 Å². The minimum atomic E-state index is 0.275. The minimum Gasteiger partial charge on any atom is -0.339 e. The van der Waals surface area contributed by atoms with Gasteiger partial charge in [0.05, 0.1) is 6.54 Å². The van der Waals surface area contributed by atoms with Crippen LogP contribution in [0.15, 0.2) is 29.0 Å². The summed E-state index contributed by atoms with van der Waals surface area (Å²) in [4.78, 5) is 10.5. The molecule has 0 saturated carbocycles. The summed E-state index contributed by atoms with van der Waals surface area (Å²) in [5.41, 5.74) is 1.22. The third-order valence-electron chi connectivity index (χ3n) is 2.59. The first-order valence-corrected chi connectivity index (χ1v) is 6.05. The van der Waals surface area contributed by atoms with Crippen molar-refractivity contribution in [3.63, 3.8) is 0 Å². The van der Waals surface area contributed by atoms with Gasteiger partial charge in [-0.2, -0.15) is 4.98 Å². The number of nitrogens with zero attached hydrogens (tertiary/aromatic N) is 4. The average molecular weight is 246 g/mol. The van der Waals surface area contributed by atoms with Crippen molar-refractivity contribution in [3.05, 3.63) is 41.8 Å². The second-order valence-corrected chi connectivity index (χ2v) is 4.73. The van der Waals surface area contributed by atoms with Crippen LogP contribution in [0.3, 0.4) is 0 Å². The van der Waals surface area contributed by atoms with Crippen molar-refractivity contribution in [1.82, 2.24) is 20.0 Å². The molecule has 0 saturated heterocycles. The molecule has 0 aliphatic heterocycles. The van der Waals surface area contributed by atoms with Gasteiger partial charge in [-0.25, -0.2) is 0 Å². The molecule has 0 fully saturated rings. The van der Waals surface area contributed by atoms with Crippen LogP contribution in [0.25, 0.3) is 0 Å². The molecule has 0 atom stereocenters. The SMILES string of the molecule is CC(C)c1nc(CN(C)Cc2ccncc2)no1. The topological polar surface area (TPSA) is 55.1 Å². The van der Waals surface area contributed by atoms with Crippen LogP contribution in [0.5, 0.6) is 0 Å². The Morgan fingerprint density at radius 1 is 1.22 bits per heavy atom. The van der Waals surface area contributed by atoms with Gasteiger partial charge in [-0.1, -0.05) is 19.0 Å². The van der Waals surface area contributed by atoms with E-state index in [4.69, 9.17) is 4.52 Å². The van der Waals surface area contributed by atoms with E-state index in [1.165, 1.54) is 5.56 Å². The first-order valence-electron chi connectivity index (χ1n) is 6.05. The standard InChI is InChI=1S/C13H18N4O/c1-10(2)13-15-12(16-18-13)9-17(3)8-11-4-6-14-7-5-11/h4-7,10H,8-9H2,1-3H3. The quantitative estimate of drug-likeness (QED) is 0.809. The monoisotopic (exact) mass is 246 g/mol. The van der Waals surface area contributed by atoms with E-state index in [1.807, 2.05) is 33.0 Å². The van der Waals surface area contributed by atoms with Crippen LogP contribution in [0, 0.1) is 0 Å². The van der Waals surface area contributed by atoms with Crippen molar-refractivity contribution in [1.29, 1.82) is 0 Å². The van der Waals surface area contributed by atoms with Crippen molar-refractivity contribution >= 4 is 0 Å². The lowest BCUT2D eigenvalue weighted by Crippen LogP contribution is -2.18. The number of pyridine rings is 1. The first kappa shape index (κ1) is 12.7. The molecule has 0 aliphatic rings. The Morgan fingerprint density at radius 2 is 1.94 bits per heavy atom. The van der Waals surface area contributed by atoms with Gasteiger partial charge in [-0.15, -0.1) is 0 Å². The predicted octanol–water partition coefficient (Wildman–Crippen LogP) is 2.22. The highest BCUT2D eigenvalue weighted by molar-refractivity contribution is 5.09. The Labute approximate surface area is 107 Å². The van der Waals surface area contributed by atoms with Crippen molar-refractivity contribution in [2.75, 3.05) is 7.05 Å². The molecule has 5 nitrogen and oxygen atoms in total. The van der Waals surface area contributed by atoms with Crippen molar-refractivity contribution < 1.29 is 4.52 Å². The zero-order valence-corrected chi connectivity index (χ0v) is 11.0. The lowest BCUT2D eigenvalue weighted by atomic mass is 10.2. The largest absolute Gasteiger partial charge is 0.339 e. The van der Waals surface area contributed by atoms with Crippen LogP contribution < -0.4 is 0 Å². The van der Waals surface area contributed by atoms with E-state index in [9.17, 15) is 0 Å². The molecule has 0 aromatic carbocycles. The van der Waals surface area contributed by atoms with Crippen LogP contribution >= 0.6 is 0 Å². The van der Waals surface area contributed by atoms with E-state index in [2.05, 4.69) is 20.0 Å². The molecule has 2 aromatic heterocycles. The number of hydrogen-bond acceptors (Lipinski definition) is 5. The van der Waals surface area contributed by atoms with E-state index >= 15 is 0 Å². The second-order valence-electron chi connectivity index (χ2n) is 4.73. The molecule has 0 radical (unpaired) electrons. The molecular weight excluding hydrogens is 228 g/mol. The van der Waals surface area contributed by atoms with Crippen LogP contribution in [0.2, 0.25) is 0 Å². The molecule has 0 unspecified atom stereocenters. The van der Waals surface area contributed by atoms with Crippen molar-refractivity contribution in [2.24, 2.45) is 0 Å². The molecule has 2 heterocycles. The highest BCUT2D eigenvalue weighted by atomic mass is 16.5. The maximum atomic E-state index is 5.18. The summed E-state index contributed by atoms with van der Waals surface area (Å²) in [6.45, 7) is 5.60.